The molecule has 4 N–H and O–H groups in total. The van der Waals surface area contributed by atoms with E-state index in [0.717, 1.165) is 32.1 Å². The van der Waals surface area contributed by atoms with Gasteiger partial charge in [0.2, 0.25) is 11.6 Å². The molecule has 13 nitrogen and oxygen atoms in total. The van der Waals surface area contributed by atoms with Crippen molar-refractivity contribution in [2.45, 2.75) is 154 Å². The lowest BCUT2D eigenvalue weighted by Crippen LogP contribution is -2.91. The van der Waals surface area contributed by atoms with Crippen molar-refractivity contribution in [3.63, 3.8) is 0 Å². The summed E-state index contributed by atoms with van der Waals surface area (Å²) in [6, 6.07) is 0. The lowest BCUT2D eigenvalue weighted by atomic mass is 9.34. The predicted molar refractivity (Wildman–Crippen MR) is 189 cm³/mol. The van der Waals surface area contributed by atoms with Crippen molar-refractivity contribution >= 4 is 17.5 Å². The van der Waals surface area contributed by atoms with Gasteiger partial charge in [0.1, 0.15) is 29.1 Å². The summed E-state index contributed by atoms with van der Waals surface area (Å²) < 4.78 is 39.1. The van der Waals surface area contributed by atoms with E-state index in [9.17, 15) is 25.2 Å². The fourth-order valence-electron chi connectivity index (χ4n) is 19.2. The van der Waals surface area contributed by atoms with Crippen LogP contribution in [0.1, 0.15) is 98.8 Å². The lowest BCUT2D eigenvalue weighted by molar-refractivity contribution is -0.554. The number of Topliss-reactive ketones (excluding diaryl/α,β-unsaturated/α-hetero) is 2. The largest absolute Gasteiger partial charge is 0.462 e. The van der Waals surface area contributed by atoms with E-state index in [2.05, 4.69) is 27.7 Å². The number of carbonyl (C=O) groups is 3. The highest BCUT2D eigenvalue weighted by Crippen LogP contribution is 2.85. The summed E-state index contributed by atoms with van der Waals surface area (Å²) in [5.41, 5.74) is -7.05. The minimum atomic E-state index is -2.34. The average molecular weight is 783 g/mol. The fourth-order valence-corrected chi connectivity index (χ4v) is 19.2. The maximum absolute atomic E-state index is 16.3. The zero-order chi connectivity index (χ0) is 39.3. The number of ether oxygens (including phenoxy) is 6. The number of rotatable bonds is 5. The molecule has 14 bridgehead atoms. The van der Waals surface area contributed by atoms with E-state index in [1.54, 1.807) is 0 Å². The van der Waals surface area contributed by atoms with Crippen LogP contribution in [-0.2, 0) is 42.8 Å². The maximum atomic E-state index is 16.3. The van der Waals surface area contributed by atoms with E-state index in [4.69, 9.17) is 28.4 Å². The molecule has 308 valence electrons. The van der Waals surface area contributed by atoms with Gasteiger partial charge < -0.3 is 48.8 Å². The number of aliphatic hydroxyl groups excluding tert-OH is 2. The van der Waals surface area contributed by atoms with Crippen molar-refractivity contribution in [3.05, 3.63) is 0 Å². The van der Waals surface area contributed by atoms with Crippen LogP contribution in [0.3, 0.4) is 0 Å². The summed E-state index contributed by atoms with van der Waals surface area (Å²) in [7, 11) is 1.52. The Kier molecular flexibility index (Phi) is 6.57. The lowest BCUT2D eigenvalue weighted by Gasteiger charge is -2.79. The van der Waals surface area contributed by atoms with E-state index in [0.29, 0.717) is 19.3 Å². The number of aliphatic hydroxyl groups is 4. The molecule has 8 aliphatic heterocycles. The van der Waals surface area contributed by atoms with Gasteiger partial charge in [0.15, 0.2) is 24.1 Å². The minimum absolute atomic E-state index is 0.0286. The van der Waals surface area contributed by atoms with Crippen molar-refractivity contribution < 1.29 is 63.2 Å². The van der Waals surface area contributed by atoms with Crippen LogP contribution in [0.5, 0.6) is 0 Å². The molecule has 8 heterocycles. The fraction of sp³-hybridized carbons (Fsp3) is 0.930. The molecule has 0 aromatic rings. The van der Waals surface area contributed by atoms with Crippen molar-refractivity contribution in [1.82, 2.24) is 0 Å². The summed E-state index contributed by atoms with van der Waals surface area (Å²) in [5, 5.41) is 50.7. The normalized spacial score (nSPS) is 63.0. The summed E-state index contributed by atoms with van der Waals surface area (Å²) in [5.74, 6) is -9.13. The van der Waals surface area contributed by atoms with Crippen molar-refractivity contribution in [1.29, 1.82) is 0 Å². The monoisotopic (exact) mass is 782 g/mol. The van der Waals surface area contributed by atoms with Crippen molar-refractivity contribution in [2.24, 2.45) is 79.3 Å². The Labute approximate surface area is 326 Å². The standard InChI is InChI=1S/C43H58O13/c1-18(44)52-22-15-21-31-41(24(22)39-14-8-12-36(4,5)26(39)29(47)43(41,50)56-34(39)54-31)32(48)37(21,17-51-6)16-20-19-9-10-23-38-13-7-11-35(2,3)25(38)28(46)42(49)40(23,27(20)45)30(19)53-33(38)55-42/h19-26,28-31,33-34,46-47,49-50H,7-17H2,1-6H3/t19-,20+,21+,22-,23-,24-,25+,26+,28-,29-,30-,31-,33?,34?,37+,38+,39+,40-,41+,42-,43-/m0/s1. The Hall–Kier alpha value is -1.55. The Bertz CT molecular complexity index is 1870. The van der Waals surface area contributed by atoms with Gasteiger partial charge in [-0.15, -0.1) is 0 Å². The van der Waals surface area contributed by atoms with Gasteiger partial charge in [-0.05, 0) is 74.0 Å². The smallest absolute Gasteiger partial charge is 0.302 e. The van der Waals surface area contributed by atoms with Crippen molar-refractivity contribution in [3.8, 4) is 0 Å². The number of ketones is 2. The van der Waals surface area contributed by atoms with E-state index in [1.807, 2.05) is 0 Å². The van der Waals surface area contributed by atoms with Gasteiger partial charge in [0, 0.05) is 54.5 Å². The van der Waals surface area contributed by atoms with Crippen molar-refractivity contribution in [2.75, 3.05) is 13.7 Å². The van der Waals surface area contributed by atoms with Gasteiger partial charge in [-0.2, -0.15) is 0 Å². The second-order valence-electron chi connectivity index (χ2n) is 22.3. The topological polar surface area (TPSA) is 188 Å². The Balaban J connectivity index is 1.01. The summed E-state index contributed by atoms with van der Waals surface area (Å²) in [6.45, 7) is 9.72. The Morgan fingerprint density at radius 1 is 0.804 bits per heavy atom. The zero-order valence-corrected chi connectivity index (χ0v) is 33.3. The van der Waals surface area contributed by atoms with Crippen LogP contribution >= 0.6 is 0 Å². The molecule has 4 spiro atoms. The van der Waals surface area contributed by atoms with E-state index in [-0.39, 0.29) is 54.2 Å². The molecule has 0 aromatic carbocycles. The Morgan fingerprint density at radius 3 is 2.04 bits per heavy atom. The SMILES string of the molecule is COC[C@@]1(C[C@H]2C(=O)[C@@]34[C@H]5OC6O[C@@]3(O)[C@@H](O)[C@@H]3C(C)(C)CCC[C@]63[C@@H]4CC[C@@H]25)C(=O)[C@@]23[C@H]4OC5O[C@@]2(O)[C@@H](O)[C@@H]2C(C)(C)CCC[C@]52[C@@H]3[C@@H](OC(C)=O)C[C@H]41. The third-order valence-electron chi connectivity index (χ3n) is 20.0. The molecule has 56 heavy (non-hydrogen) atoms. The molecule has 8 saturated heterocycles. The molecule has 21 atom stereocenters. The highest BCUT2D eigenvalue weighted by Gasteiger charge is 2.97. The van der Waals surface area contributed by atoms with E-state index in [1.165, 1.54) is 14.0 Å². The second-order valence-corrected chi connectivity index (χ2v) is 22.3. The summed E-state index contributed by atoms with van der Waals surface area (Å²) >= 11 is 0. The molecule has 0 radical (unpaired) electrons. The quantitative estimate of drug-likeness (QED) is 0.299. The van der Waals surface area contributed by atoms with Crippen LogP contribution in [0.2, 0.25) is 0 Å². The van der Waals surface area contributed by atoms with E-state index >= 15 is 9.59 Å². The predicted octanol–water partition coefficient (Wildman–Crippen LogP) is 2.62. The van der Waals surface area contributed by atoms with Gasteiger partial charge in [0.05, 0.1) is 24.2 Å². The molecule has 0 aromatic heterocycles. The molecule has 8 saturated carbocycles. The van der Waals surface area contributed by atoms with Gasteiger partial charge in [-0.3, -0.25) is 14.4 Å². The molecule has 16 rings (SSSR count). The van der Waals surface area contributed by atoms with Crippen LogP contribution in [0.4, 0.5) is 0 Å². The number of hydrogen-bond acceptors (Lipinski definition) is 13. The molecular weight excluding hydrogens is 724 g/mol. The first kappa shape index (κ1) is 36.3. The molecule has 16 aliphatic rings. The van der Waals surface area contributed by atoms with Crippen LogP contribution in [0.15, 0.2) is 0 Å². The number of hydrogen-bond donors (Lipinski definition) is 4. The number of carbonyl (C=O) groups excluding carboxylic acids is 3. The van der Waals surface area contributed by atoms with Gasteiger partial charge >= 0.3 is 5.97 Å². The molecule has 8 aliphatic carbocycles. The summed E-state index contributed by atoms with van der Waals surface area (Å²) in [6.07, 6.45) is -0.475. The first-order chi connectivity index (χ1) is 26.3. The van der Waals surface area contributed by atoms with Gasteiger partial charge in [0.25, 0.3) is 0 Å². The molecule has 0 amide bonds. The highest BCUT2D eigenvalue weighted by atomic mass is 16.8. The number of esters is 1. The van der Waals surface area contributed by atoms with E-state index < -0.39 is 117 Å². The molecule has 13 heteroatoms. The third kappa shape index (κ3) is 3.20. The van der Waals surface area contributed by atoms with Gasteiger partial charge in [-0.25, -0.2) is 0 Å². The third-order valence-corrected chi connectivity index (χ3v) is 20.0. The molecular formula is C43H58O13. The first-order valence-electron chi connectivity index (χ1n) is 21.6. The number of methoxy groups -OCH3 is 1. The Morgan fingerprint density at radius 2 is 1.39 bits per heavy atom. The van der Waals surface area contributed by atoms with Gasteiger partial charge in [-0.1, -0.05) is 40.5 Å². The second kappa shape index (κ2) is 10.1. The van der Waals surface area contributed by atoms with Crippen LogP contribution in [0.25, 0.3) is 0 Å². The van der Waals surface area contributed by atoms with Crippen LogP contribution in [-0.4, -0.2) is 106 Å². The zero-order valence-electron chi connectivity index (χ0n) is 33.3. The average Bonchev–Trinajstić information content (AvgIpc) is 3.34. The highest BCUT2D eigenvalue weighted by molar-refractivity contribution is 5.99. The molecule has 2 unspecified atom stereocenters. The maximum Gasteiger partial charge on any atom is 0.302 e. The molecule has 16 fully saturated rings. The minimum Gasteiger partial charge on any atom is -0.462 e. The summed E-state index contributed by atoms with van der Waals surface area (Å²) in [4.78, 5) is 45.0. The first-order valence-corrected chi connectivity index (χ1v) is 21.6. The van der Waals surface area contributed by atoms with Crippen LogP contribution < -0.4 is 0 Å². The van der Waals surface area contributed by atoms with Crippen LogP contribution in [0, 0.1) is 79.3 Å².